The molecular weight excluding hydrogens is 333 g/mol. The molecule has 1 aromatic carbocycles. The molecule has 1 aliphatic rings. The molecule has 1 unspecified atom stereocenters. The Kier molecular flexibility index (Phi) is 5.94. The molecule has 136 valence electrons. The number of hydrogen-bond acceptors (Lipinski definition) is 3. The van der Waals surface area contributed by atoms with Crippen LogP contribution in [0.2, 0.25) is 0 Å². The molecule has 1 N–H and O–H groups in total. The van der Waals surface area contributed by atoms with Gasteiger partial charge < -0.3 is 10.2 Å². The molecular formula is C20H22FN3O2. The van der Waals surface area contributed by atoms with Gasteiger partial charge in [0, 0.05) is 38.4 Å². The summed E-state index contributed by atoms with van der Waals surface area (Å²) in [6, 6.07) is 9.78. The van der Waals surface area contributed by atoms with Crippen LogP contribution < -0.4 is 5.32 Å². The third-order valence-corrected chi connectivity index (χ3v) is 4.63. The van der Waals surface area contributed by atoms with E-state index in [0.717, 1.165) is 25.9 Å². The Balaban J connectivity index is 1.41. The van der Waals surface area contributed by atoms with Gasteiger partial charge in [0.1, 0.15) is 5.82 Å². The molecule has 5 nitrogen and oxygen atoms in total. The van der Waals surface area contributed by atoms with E-state index in [2.05, 4.69) is 16.4 Å². The summed E-state index contributed by atoms with van der Waals surface area (Å²) < 4.78 is 13.6. The zero-order chi connectivity index (χ0) is 18.4. The van der Waals surface area contributed by atoms with Crippen LogP contribution in [0.25, 0.3) is 0 Å². The Morgan fingerprint density at radius 2 is 2.08 bits per heavy atom. The third kappa shape index (κ3) is 4.65. The van der Waals surface area contributed by atoms with Crippen molar-refractivity contribution >= 4 is 11.8 Å². The van der Waals surface area contributed by atoms with E-state index >= 15 is 0 Å². The van der Waals surface area contributed by atoms with Crippen molar-refractivity contribution < 1.29 is 14.0 Å². The molecule has 0 saturated carbocycles. The minimum Gasteiger partial charge on any atom is -0.351 e. The maximum absolute atomic E-state index is 13.6. The highest BCUT2D eigenvalue weighted by Crippen LogP contribution is 2.21. The van der Waals surface area contributed by atoms with Gasteiger partial charge in [0.15, 0.2) is 0 Å². The van der Waals surface area contributed by atoms with E-state index in [0.29, 0.717) is 5.92 Å². The number of carbonyl (C=O) groups excluding carboxylic acids is 2. The molecule has 1 atom stereocenters. The van der Waals surface area contributed by atoms with Crippen molar-refractivity contribution in [3.8, 4) is 0 Å². The SMILES string of the molecule is O=C(NCCC(=O)N1CCC(Cc2cccnc2)C1)c1ccccc1F. The normalized spacial score (nSPS) is 16.5. The fourth-order valence-electron chi connectivity index (χ4n) is 3.26. The molecule has 3 rings (SSSR count). The highest BCUT2D eigenvalue weighted by molar-refractivity contribution is 5.94. The van der Waals surface area contributed by atoms with Gasteiger partial charge in [0.25, 0.3) is 5.91 Å². The highest BCUT2D eigenvalue weighted by atomic mass is 19.1. The zero-order valence-corrected chi connectivity index (χ0v) is 14.5. The maximum Gasteiger partial charge on any atom is 0.254 e. The number of pyridine rings is 1. The van der Waals surface area contributed by atoms with Crippen LogP contribution in [-0.2, 0) is 11.2 Å². The first kappa shape index (κ1) is 18.0. The van der Waals surface area contributed by atoms with Gasteiger partial charge in [0.05, 0.1) is 5.56 Å². The number of carbonyl (C=O) groups is 2. The molecule has 1 aliphatic heterocycles. The van der Waals surface area contributed by atoms with Crippen LogP contribution in [0.5, 0.6) is 0 Å². The number of nitrogens with one attached hydrogen (secondary N) is 1. The maximum atomic E-state index is 13.6. The summed E-state index contributed by atoms with van der Waals surface area (Å²) in [7, 11) is 0. The van der Waals surface area contributed by atoms with E-state index in [1.54, 1.807) is 12.3 Å². The van der Waals surface area contributed by atoms with E-state index in [4.69, 9.17) is 0 Å². The lowest BCUT2D eigenvalue weighted by Gasteiger charge is -2.17. The number of likely N-dealkylation sites (tertiary alicyclic amines) is 1. The molecule has 26 heavy (non-hydrogen) atoms. The second kappa shape index (κ2) is 8.56. The average molecular weight is 355 g/mol. The van der Waals surface area contributed by atoms with Crippen molar-refractivity contribution in [1.29, 1.82) is 0 Å². The van der Waals surface area contributed by atoms with Crippen molar-refractivity contribution in [1.82, 2.24) is 15.2 Å². The van der Waals surface area contributed by atoms with Crippen molar-refractivity contribution in [2.75, 3.05) is 19.6 Å². The smallest absolute Gasteiger partial charge is 0.254 e. The summed E-state index contributed by atoms with van der Waals surface area (Å²) in [6.07, 6.45) is 5.73. The summed E-state index contributed by atoms with van der Waals surface area (Å²) in [5.74, 6) is -0.593. The number of rotatable bonds is 6. The fraction of sp³-hybridized carbons (Fsp3) is 0.350. The molecule has 0 bridgehead atoms. The third-order valence-electron chi connectivity index (χ3n) is 4.63. The van der Waals surface area contributed by atoms with E-state index in [1.807, 2.05) is 17.2 Å². The lowest BCUT2D eigenvalue weighted by atomic mass is 10.0. The van der Waals surface area contributed by atoms with Gasteiger partial charge in [-0.1, -0.05) is 18.2 Å². The zero-order valence-electron chi connectivity index (χ0n) is 14.5. The largest absolute Gasteiger partial charge is 0.351 e. The Bertz CT molecular complexity index is 767. The Morgan fingerprint density at radius 1 is 1.23 bits per heavy atom. The lowest BCUT2D eigenvalue weighted by molar-refractivity contribution is -0.130. The van der Waals surface area contributed by atoms with Gasteiger partial charge in [-0.25, -0.2) is 4.39 Å². The number of hydrogen-bond donors (Lipinski definition) is 1. The van der Waals surface area contributed by atoms with Crippen LogP contribution in [0.1, 0.15) is 28.8 Å². The Labute approximate surface area is 152 Å². The van der Waals surface area contributed by atoms with Gasteiger partial charge in [0.2, 0.25) is 5.91 Å². The first-order chi connectivity index (χ1) is 12.6. The van der Waals surface area contributed by atoms with Crippen LogP contribution in [0.3, 0.4) is 0 Å². The Morgan fingerprint density at radius 3 is 2.85 bits per heavy atom. The lowest BCUT2D eigenvalue weighted by Crippen LogP contribution is -2.33. The number of benzene rings is 1. The minimum atomic E-state index is -0.561. The highest BCUT2D eigenvalue weighted by Gasteiger charge is 2.26. The topological polar surface area (TPSA) is 62.3 Å². The summed E-state index contributed by atoms with van der Waals surface area (Å²) in [5, 5.41) is 2.61. The second-order valence-electron chi connectivity index (χ2n) is 6.55. The monoisotopic (exact) mass is 355 g/mol. The average Bonchev–Trinajstić information content (AvgIpc) is 3.11. The molecule has 2 heterocycles. The Hall–Kier alpha value is -2.76. The predicted molar refractivity (Wildman–Crippen MR) is 96.0 cm³/mol. The molecule has 1 aromatic heterocycles. The van der Waals surface area contributed by atoms with Crippen molar-refractivity contribution in [2.45, 2.75) is 19.3 Å². The van der Waals surface area contributed by atoms with Gasteiger partial charge in [-0.2, -0.15) is 0 Å². The van der Waals surface area contributed by atoms with E-state index < -0.39 is 11.7 Å². The molecule has 2 aromatic rings. The number of halogens is 1. The molecule has 6 heteroatoms. The first-order valence-electron chi connectivity index (χ1n) is 8.83. The number of nitrogens with zero attached hydrogens (tertiary/aromatic N) is 2. The molecule has 0 spiro atoms. The first-order valence-corrected chi connectivity index (χ1v) is 8.83. The van der Waals surface area contributed by atoms with Crippen LogP contribution in [0, 0.1) is 11.7 Å². The molecule has 0 aliphatic carbocycles. The van der Waals surface area contributed by atoms with E-state index in [1.165, 1.54) is 23.8 Å². The molecule has 0 radical (unpaired) electrons. The number of aromatic nitrogens is 1. The molecule has 1 fully saturated rings. The summed E-state index contributed by atoms with van der Waals surface area (Å²) >= 11 is 0. The summed E-state index contributed by atoms with van der Waals surface area (Å²) in [4.78, 5) is 30.2. The minimum absolute atomic E-state index is 0.00217. The van der Waals surface area contributed by atoms with Crippen LogP contribution in [-0.4, -0.2) is 41.3 Å². The van der Waals surface area contributed by atoms with Crippen molar-refractivity contribution in [2.24, 2.45) is 5.92 Å². The standard InChI is InChI=1S/C20H22FN3O2/c21-18-6-2-1-5-17(18)20(26)23-10-7-19(25)24-11-8-16(14-24)12-15-4-3-9-22-13-15/h1-6,9,13,16H,7-8,10-12,14H2,(H,23,26). The molecule has 2 amide bonds. The van der Waals surface area contributed by atoms with Gasteiger partial charge in [-0.05, 0) is 42.5 Å². The summed E-state index contributed by atoms with van der Waals surface area (Å²) in [6.45, 7) is 1.68. The molecule has 1 saturated heterocycles. The van der Waals surface area contributed by atoms with Crippen LogP contribution in [0.4, 0.5) is 4.39 Å². The number of amides is 2. The van der Waals surface area contributed by atoms with E-state index in [9.17, 15) is 14.0 Å². The fourth-order valence-corrected chi connectivity index (χ4v) is 3.26. The van der Waals surface area contributed by atoms with E-state index in [-0.39, 0.29) is 24.4 Å². The van der Waals surface area contributed by atoms with Crippen LogP contribution >= 0.6 is 0 Å². The summed E-state index contributed by atoms with van der Waals surface area (Å²) in [5.41, 5.74) is 1.18. The van der Waals surface area contributed by atoms with Crippen molar-refractivity contribution in [3.63, 3.8) is 0 Å². The van der Waals surface area contributed by atoms with Crippen molar-refractivity contribution in [3.05, 3.63) is 65.7 Å². The van der Waals surface area contributed by atoms with Crippen LogP contribution in [0.15, 0.2) is 48.8 Å². The van der Waals surface area contributed by atoms with Gasteiger partial charge >= 0.3 is 0 Å². The van der Waals surface area contributed by atoms with Gasteiger partial charge in [-0.3, -0.25) is 14.6 Å². The van der Waals surface area contributed by atoms with Gasteiger partial charge in [-0.15, -0.1) is 0 Å². The quantitative estimate of drug-likeness (QED) is 0.866. The second-order valence-corrected chi connectivity index (χ2v) is 6.55. The predicted octanol–water partition coefficient (Wildman–Crippen LogP) is 2.43.